The van der Waals surface area contributed by atoms with Crippen LogP contribution in [0.1, 0.15) is 11.1 Å². The van der Waals surface area contributed by atoms with Crippen molar-refractivity contribution in [2.24, 2.45) is 0 Å². The number of hydrogen-bond donors (Lipinski definition) is 1. The van der Waals surface area contributed by atoms with Gasteiger partial charge in [0.2, 0.25) is 0 Å². The Kier molecular flexibility index (Phi) is 5.85. The van der Waals surface area contributed by atoms with Crippen molar-refractivity contribution in [1.82, 2.24) is 5.32 Å². The molecule has 1 aliphatic heterocycles. The summed E-state index contributed by atoms with van der Waals surface area (Å²) in [5, 5.41) is 2.55. The van der Waals surface area contributed by atoms with Gasteiger partial charge in [-0.25, -0.2) is 9.18 Å². The van der Waals surface area contributed by atoms with Gasteiger partial charge in [0.05, 0.1) is 19.8 Å². The van der Waals surface area contributed by atoms with Crippen molar-refractivity contribution in [3.8, 4) is 0 Å². The second-order valence-electron chi connectivity index (χ2n) is 4.90. The van der Waals surface area contributed by atoms with Gasteiger partial charge in [0.25, 0.3) is 5.91 Å². The molecule has 2 rings (SSSR count). The lowest BCUT2D eigenvalue weighted by Crippen LogP contribution is -2.38. The van der Waals surface area contributed by atoms with Gasteiger partial charge in [-0.15, -0.1) is 0 Å². The molecule has 1 amide bonds. The molecule has 1 saturated heterocycles. The average molecular weight is 311 g/mol. The number of amides is 1. The Morgan fingerprint density at radius 2 is 2.23 bits per heavy atom. The van der Waals surface area contributed by atoms with E-state index >= 15 is 0 Å². The van der Waals surface area contributed by atoms with Gasteiger partial charge < -0.3 is 19.5 Å². The lowest BCUT2D eigenvalue weighted by molar-refractivity contribution is -0.172. The largest absolute Gasteiger partial charge is 0.454 e. The van der Waals surface area contributed by atoms with Crippen molar-refractivity contribution >= 4 is 11.9 Å². The molecule has 1 fully saturated rings. The van der Waals surface area contributed by atoms with Gasteiger partial charge in [-0.05, 0) is 24.1 Å². The summed E-state index contributed by atoms with van der Waals surface area (Å²) in [6, 6.07) is 4.71. The van der Waals surface area contributed by atoms with Crippen LogP contribution in [0.2, 0.25) is 0 Å². The van der Waals surface area contributed by atoms with Gasteiger partial charge in [-0.1, -0.05) is 12.1 Å². The van der Waals surface area contributed by atoms with Crippen LogP contribution in [0.4, 0.5) is 4.39 Å². The first-order chi connectivity index (χ1) is 10.6. The van der Waals surface area contributed by atoms with Crippen LogP contribution in [-0.4, -0.2) is 44.4 Å². The lowest BCUT2D eigenvalue weighted by Gasteiger charge is -2.21. The molecular weight excluding hydrogens is 293 g/mol. The van der Waals surface area contributed by atoms with Crippen LogP contribution in [0.15, 0.2) is 18.2 Å². The standard InChI is InChI=1S/C15H18FNO5/c1-10-2-3-11(6-12(10)16)7-17-14(18)9-22-15(19)13-8-20-4-5-21-13/h2-3,6,13H,4-5,7-9H2,1H3,(H,17,18)/t13-/m0/s1. The van der Waals surface area contributed by atoms with Crippen LogP contribution >= 0.6 is 0 Å². The zero-order valence-electron chi connectivity index (χ0n) is 12.3. The van der Waals surface area contributed by atoms with E-state index in [9.17, 15) is 14.0 Å². The Labute approximate surface area is 127 Å². The van der Waals surface area contributed by atoms with Gasteiger partial charge in [0, 0.05) is 6.54 Å². The molecule has 0 radical (unpaired) electrons. The fraction of sp³-hybridized carbons (Fsp3) is 0.467. The van der Waals surface area contributed by atoms with E-state index in [0.29, 0.717) is 24.3 Å². The predicted octanol–water partition coefficient (Wildman–Crippen LogP) is 0.709. The minimum absolute atomic E-state index is 0.128. The van der Waals surface area contributed by atoms with Gasteiger partial charge in [-0.2, -0.15) is 0 Å². The highest BCUT2D eigenvalue weighted by atomic mass is 19.1. The summed E-state index contributed by atoms with van der Waals surface area (Å²) in [6.45, 7) is 2.31. The summed E-state index contributed by atoms with van der Waals surface area (Å²) in [5.41, 5.74) is 1.17. The topological polar surface area (TPSA) is 73.9 Å². The smallest absolute Gasteiger partial charge is 0.338 e. The summed E-state index contributed by atoms with van der Waals surface area (Å²) < 4.78 is 28.4. The molecule has 0 saturated carbocycles. The molecule has 1 N–H and O–H groups in total. The molecule has 1 heterocycles. The molecule has 0 unspecified atom stereocenters. The third-order valence-corrected chi connectivity index (χ3v) is 3.15. The van der Waals surface area contributed by atoms with E-state index in [1.54, 1.807) is 19.1 Å². The Morgan fingerprint density at radius 3 is 2.91 bits per heavy atom. The van der Waals surface area contributed by atoms with Crippen LogP contribution in [0.25, 0.3) is 0 Å². The van der Waals surface area contributed by atoms with Gasteiger partial charge in [0.1, 0.15) is 5.82 Å². The molecule has 0 spiro atoms. The molecular formula is C15H18FNO5. The van der Waals surface area contributed by atoms with Crippen molar-refractivity contribution in [2.45, 2.75) is 19.6 Å². The maximum absolute atomic E-state index is 13.4. The predicted molar refractivity (Wildman–Crippen MR) is 74.5 cm³/mol. The van der Waals surface area contributed by atoms with Gasteiger partial charge in [0.15, 0.2) is 12.7 Å². The van der Waals surface area contributed by atoms with Crippen LogP contribution in [0.3, 0.4) is 0 Å². The number of ether oxygens (including phenoxy) is 3. The van der Waals surface area contributed by atoms with Crippen molar-refractivity contribution in [1.29, 1.82) is 0 Å². The van der Waals surface area contributed by atoms with Crippen LogP contribution in [0.5, 0.6) is 0 Å². The SMILES string of the molecule is Cc1ccc(CNC(=O)COC(=O)[C@@H]2COCCO2)cc1F. The maximum atomic E-state index is 13.4. The number of hydrogen-bond acceptors (Lipinski definition) is 5. The number of aryl methyl sites for hydroxylation is 1. The molecule has 1 aromatic rings. The van der Waals surface area contributed by atoms with Crippen LogP contribution in [-0.2, 0) is 30.3 Å². The maximum Gasteiger partial charge on any atom is 0.338 e. The van der Waals surface area contributed by atoms with E-state index in [-0.39, 0.29) is 19.0 Å². The Morgan fingerprint density at radius 1 is 1.41 bits per heavy atom. The van der Waals surface area contributed by atoms with E-state index in [0.717, 1.165) is 0 Å². The molecule has 6 nitrogen and oxygen atoms in total. The second-order valence-corrected chi connectivity index (χ2v) is 4.90. The first-order valence-corrected chi connectivity index (χ1v) is 6.94. The van der Waals surface area contributed by atoms with E-state index in [4.69, 9.17) is 14.2 Å². The Hall–Kier alpha value is -1.99. The summed E-state index contributed by atoms with van der Waals surface area (Å²) in [5.74, 6) is -1.42. The third kappa shape index (κ3) is 4.78. The number of halogens is 1. The minimum atomic E-state index is -0.784. The van der Waals surface area contributed by atoms with Crippen molar-refractivity contribution in [3.63, 3.8) is 0 Å². The van der Waals surface area contributed by atoms with Crippen molar-refractivity contribution < 1.29 is 28.2 Å². The number of carbonyl (C=O) groups excluding carboxylic acids is 2. The third-order valence-electron chi connectivity index (χ3n) is 3.15. The van der Waals surface area contributed by atoms with Crippen molar-refractivity contribution in [2.75, 3.05) is 26.4 Å². The number of nitrogens with one attached hydrogen (secondary N) is 1. The van der Waals surface area contributed by atoms with Gasteiger partial charge >= 0.3 is 5.97 Å². The Balaban J connectivity index is 1.71. The highest BCUT2D eigenvalue weighted by Crippen LogP contribution is 2.08. The highest BCUT2D eigenvalue weighted by Gasteiger charge is 2.24. The van der Waals surface area contributed by atoms with E-state index < -0.39 is 24.6 Å². The first kappa shape index (κ1) is 16.4. The summed E-state index contributed by atoms with van der Waals surface area (Å²) in [4.78, 5) is 23.2. The first-order valence-electron chi connectivity index (χ1n) is 6.94. The number of rotatable bonds is 5. The van der Waals surface area contributed by atoms with Crippen LogP contribution in [0, 0.1) is 12.7 Å². The molecule has 7 heteroatoms. The molecule has 1 aromatic carbocycles. The Bertz CT molecular complexity index is 543. The van der Waals surface area contributed by atoms with Gasteiger partial charge in [-0.3, -0.25) is 4.79 Å². The second kappa shape index (κ2) is 7.86. The zero-order valence-corrected chi connectivity index (χ0v) is 12.3. The summed E-state index contributed by atoms with van der Waals surface area (Å²) in [6.07, 6.45) is -0.784. The van der Waals surface area contributed by atoms with Crippen LogP contribution < -0.4 is 5.32 Å². The molecule has 1 atom stereocenters. The van der Waals surface area contributed by atoms with E-state index in [1.165, 1.54) is 6.07 Å². The molecule has 1 aliphatic rings. The molecule has 22 heavy (non-hydrogen) atoms. The summed E-state index contributed by atoms with van der Waals surface area (Å²) >= 11 is 0. The monoisotopic (exact) mass is 311 g/mol. The highest BCUT2D eigenvalue weighted by molar-refractivity contribution is 5.82. The fourth-order valence-corrected chi connectivity index (χ4v) is 1.85. The lowest BCUT2D eigenvalue weighted by atomic mass is 10.1. The molecule has 0 bridgehead atoms. The minimum Gasteiger partial charge on any atom is -0.454 e. The van der Waals surface area contributed by atoms with Crippen molar-refractivity contribution in [3.05, 3.63) is 35.1 Å². The average Bonchev–Trinajstić information content (AvgIpc) is 2.54. The quantitative estimate of drug-likeness (QED) is 0.811. The number of carbonyl (C=O) groups is 2. The molecule has 120 valence electrons. The zero-order chi connectivity index (χ0) is 15.9. The molecule has 0 aliphatic carbocycles. The normalized spacial score (nSPS) is 17.8. The van der Waals surface area contributed by atoms with E-state index in [2.05, 4.69) is 5.32 Å². The number of benzene rings is 1. The molecule has 0 aromatic heterocycles. The number of esters is 1. The van der Waals surface area contributed by atoms with E-state index in [1.807, 2.05) is 0 Å². The summed E-state index contributed by atoms with van der Waals surface area (Å²) in [7, 11) is 0. The fourth-order valence-electron chi connectivity index (χ4n) is 1.85.